The van der Waals surface area contributed by atoms with Gasteiger partial charge in [0.1, 0.15) is 0 Å². The number of hydrogen-bond donors (Lipinski definition) is 0. The van der Waals surface area contributed by atoms with Gasteiger partial charge < -0.3 is 46.0 Å². The molecule has 0 atom stereocenters. The maximum Gasteiger partial charge on any atom is 3.00 e. The van der Waals surface area contributed by atoms with Gasteiger partial charge in [-0.25, -0.2) is 0 Å². The van der Waals surface area contributed by atoms with Crippen LogP contribution in [0.25, 0.3) is 0 Å². The van der Waals surface area contributed by atoms with E-state index in [0.717, 1.165) is 0 Å². The molecular formula is CoN9O9. The quantitative estimate of drug-likeness (QED) is 0.312. The van der Waals surface area contributed by atoms with Crippen LogP contribution >= 0.6 is 0 Å². The Morgan fingerprint density at radius 2 is 0.421 bits per heavy atom. The van der Waals surface area contributed by atoms with Crippen LogP contribution in [0, 0.1) is 46.0 Å². The predicted molar refractivity (Wildman–Crippen MR) is 43.9 cm³/mol. The molecular weight excluding hydrogens is 329 g/mol. The molecule has 19 heavy (non-hydrogen) atoms. The molecule has 0 aromatic carbocycles. The Bertz CT molecular complexity index is 121. The Balaban J connectivity index is -0.00000000675. The minimum absolute atomic E-state index is 0. The van der Waals surface area contributed by atoms with Crippen molar-refractivity contribution in [2.75, 3.05) is 0 Å². The van der Waals surface area contributed by atoms with Gasteiger partial charge in [0, 0.05) is 36.9 Å². The van der Waals surface area contributed by atoms with Crippen LogP contribution in [0.1, 0.15) is 0 Å². The van der Waals surface area contributed by atoms with E-state index in [1.54, 1.807) is 0 Å². The van der Waals surface area contributed by atoms with Gasteiger partial charge in [-0.3, -0.25) is 0 Å². The monoisotopic (exact) mass is 329 g/mol. The molecule has 108 valence electrons. The first-order valence-electron chi connectivity index (χ1n) is 1.64. The van der Waals surface area contributed by atoms with E-state index in [1.165, 1.54) is 0 Å². The summed E-state index contributed by atoms with van der Waals surface area (Å²) in [5.41, 5.74) is 0. The van der Waals surface area contributed by atoms with E-state index in [2.05, 4.69) is 0 Å². The summed E-state index contributed by atoms with van der Waals surface area (Å²) in [6.45, 7) is 0. The van der Waals surface area contributed by atoms with Crippen LogP contribution in [0.2, 0.25) is 0 Å². The zero-order chi connectivity index (χ0) is 10.7. The number of rotatable bonds is 0. The van der Waals surface area contributed by atoms with Gasteiger partial charge in [-0.05, 0) is 0 Å². The number of hydrogen-bond acceptors (Lipinski definition) is 9. The first-order valence-corrected chi connectivity index (χ1v) is 1.64. The minimum Gasteiger partial charge on any atom is -0.356 e. The average Bonchev–Trinajstić information content (AvgIpc) is 1.54. The molecule has 0 aliphatic carbocycles. The molecule has 19 heteroatoms. The topological polar surface area (TPSA) is 382 Å². The Labute approximate surface area is 116 Å². The molecule has 18 nitrogen and oxygen atoms in total. The zero-order valence-electron chi connectivity index (χ0n) is 8.03. The summed E-state index contributed by atoms with van der Waals surface area (Å²) in [6.07, 6.45) is 0. The molecule has 0 N–H and O–H groups in total. The molecule has 0 aliphatic rings. The van der Waals surface area contributed by atoms with Gasteiger partial charge >= 0.3 is 16.8 Å². The van der Waals surface area contributed by atoms with Gasteiger partial charge in [-0.15, -0.1) is 0 Å². The Morgan fingerprint density at radius 1 is 0.421 bits per heavy atom. The van der Waals surface area contributed by atoms with Crippen molar-refractivity contribution in [2.45, 2.75) is 0 Å². The van der Waals surface area contributed by atoms with Crippen LogP contribution in [0.5, 0.6) is 0 Å². The van der Waals surface area contributed by atoms with Crippen LogP contribution in [-0.4, -0.2) is 15.3 Å². The van der Waals surface area contributed by atoms with Crippen LogP contribution in [0.4, 0.5) is 0 Å². The van der Waals surface area contributed by atoms with Crippen molar-refractivity contribution in [1.29, 1.82) is 0 Å². The van der Waals surface area contributed by atoms with E-state index in [9.17, 15) is 0 Å². The van der Waals surface area contributed by atoms with Gasteiger partial charge in [0.25, 0.3) is 0 Å². The van der Waals surface area contributed by atoms with E-state index in [-0.39, 0.29) is 53.7 Å². The van der Waals surface area contributed by atoms with Crippen molar-refractivity contribution in [3.05, 3.63) is 46.0 Å². The van der Waals surface area contributed by atoms with E-state index in [1.807, 2.05) is 0 Å². The van der Waals surface area contributed by atoms with Gasteiger partial charge in [0.15, 0.2) is 0 Å². The molecule has 0 aromatic rings. The first-order chi connectivity index (χ1) is 5.20. The molecule has 0 saturated carbocycles. The molecule has 0 fully saturated rings. The van der Waals surface area contributed by atoms with Gasteiger partial charge in [-0.2, -0.15) is 0 Å². The largest absolute Gasteiger partial charge is 3.00 e. The fourth-order valence-corrected chi connectivity index (χ4v) is 0. The van der Waals surface area contributed by atoms with Crippen molar-refractivity contribution >= 4 is 0 Å². The maximum atomic E-state index is 8.25. The molecule has 0 aromatic heterocycles. The van der Waals surface area contributed by atoms with E-state index in [4.69, 9.17) is 46.0 Å². The van der Waals surface area contributed by atoms with Gasteiger partial charge in [-0.1, -0.05) is 0 Å². The van der Waals surface area contributed by atoms with Crippen molar-refractivity contribution in [3.8, 4) is 0 Å². The summed E-state index contributed by atoms with van der Waals surface area (Å²) < 4.78 is 0. The summed E-state index contributed by atoms with van der Waals surface area (Å²) >= 11 is 0. The molecule has 0 aliphatic heterocycles. The summed E-state index contributed by atoms with van der Waals surface area (Å²) in [6, 6.07) is 0. The van der Waals surface area contributed by atoms with E-state index < -0.39 is 15.3 Å². The van der Waals surface area contributed by atoms with Gasteiger partial charge in [0.05, 0.1) is 15.3 Å². The molecule has 0 heterocycles. The van der Waals surface area contributed by atoms with Crippen LogP contribution < -0.4 is 36.9 Å². The Morgan fingerprint density at radius 3 is 0.421 bits per heavy atom. The molecule has 0 unspecified atom stereocenters. The minimum atomic E-state index is -1.75. The zero-order valence-corrected chi connectivity index (χ0v) is 9.07. The molecule has 0 rings (SSSR count). The second-order valence-electron chi connectivity index (χ2n) is 0.671. The molecule has 0 bridgehead atoms. The second-order valence-corrected chi connectivity index (χ2v) is 0.671. The summed E-state index contributed by atoms with van der Waals surface area (Å²) in [7, 11) is 0. The number of nitrogens with zero attached hydrogens (tertiary/aromatic N) is 9. The van der Waals surface area contributed by atoms with Crippen molar-refractivity contribution < 1.29 is 32.0 Å². The van der Waals surface area contributed by atoms with Gasteiger partial charge in [0.2, 0.25) is 0 Å². The van der Waals surface area contributed by atoms with Crippen LogP contribution in [0.15, 0.2) is 0 Å². The fourth-order valence-electron chi connectivity index (χ4n) is 0. The molecule has 18 radical (unpaired) electrons. The van der Waals surface area contributed by atoms with Crippen LogP contribution in [-0.2, 0) is 16.8 Å². The summed E-state index contributed by atoms with van der Waals surface area (Å²) in [5, 5.41) is 44.2. The third-order valence-corrected chi connectivity index (χ3v) is 0. The Hall–Kier alpha value is -2.13. The summed E-state index contributed by atoms with van der Waals surface area (Å²) in [5.74, 6) is 0. The first kappa shape index (κ1) is 90.1. The van der Waals surface area contributed by atoms with Crippen LogP contribution in [0.3, 0.4) is 0 Å². The smallest absolute Gasteiger partial charge is 0.356 e. The van der Waals surface area contributed by atoms with E-state index >= 15 is 0 Å². The Kier molecular flexibility index (Phi) is 353. The fraction of sp³-hybridized carbons (Fsp3) is 0. The van der Waals surface area contributed by atoms with Crippen molar-refractivity contribution in [3.63, 3.8) is 0 Å². The molecule has 0 amide bonds. The van der Waals surface area contributed by atoms with E-state index in [0.29, 0.717) is 0 Å². The van der Waals surface area contributed by atoms with Crippen molar-refractivity contribution in [1.82, 2.24) is 36.9 Å². The maximum absolute atomic E-state index is 8.25. The van der Waals surface area contributed by atoms with Crippen molar-refractivity contribution in [2.24, 2.45) is 0 Å². The average molecular weight is 329 g/mol. The standard InChI is InChI=1S/Co.3NO3.6N/c;3*2-1(3)4;;;;;;/q+3;3*-1;;;;;;. The SMILES string of the molecule is O=[N+]([O-])[O-].O=[N+]([O-])[O-].O=[N+]([O-])[O-].[Co+3].[N].[N].[N].[N].[N].[N]. The summed E-state index contributed by atoms with van der Waals surface area (Å²) in [4.78, 5) is 24.8. The normalized spacial score (nSPS) is 3.79. The molecule has 0 saturated heterocycles. The third-order valence-electron chi connectivity index (χ3n) is 0. The predicted octanol–water partition coefficient (Wildman–Crippen LogP) is -3.60. The second kappa shape index (κ2) is 74.4. The third kappa shape index (κ3) is 670. The molecule has 0 spiro atoms.